The first-order chi connectivity index (χ1) is 8.13. The largest absolute Gasteiger partial charge is 0.313 e. The van der Waals surface area contributed by atoms with E-state index in [1.54, 1.807) is 12.1 Å². The first kappa shape index (κ1) is 14.5. The maximum Gasteiger partial charge on any atom is 0.263 e. The Hall–Kier alpha value is -0.610. The Morgan fingerprint density at radius 1 is 1.35 bits per heavy atom. The Morgan fingerprint density at radius 3 is 2.76 bits per heavy atom. The molecule has 96 valence electrons. The fourth-order valence-electron chi connectivity index (χ4n) is 1.49. The van der Waals surface area contributed by atoms with Crippen LogP contribution in [0.3, 0.4) is 0 Å². The van der Waals surface area contributed by atoms with Crippen molar-refractivity contribution in [3.8, 4) is 0 Å². The summed E-state index contributed by atoms with van der Waals surface area (Å²) in [6.07, 6.45) is 0.804. The van der Waals surface area contributed by atoms with Gasteiger partial charge in [-0.15, -0.1) is 0 Å². The Balaban J connectivity index is 2.34. The van der Waals surface area contributed by atoms with Gasteiger partial charge in [-0.25, -0.2) is 8.78 Å². The molecule has 0 saturated carbocycles. The van der Waals surface area contributed by atoms with Crippen LogP contribution in [0.15, 0.2) is 24.3 Å². The summed E-state index contributed by atoms with van der Waals surface area (Å²) in [6, 6.07) is 6.58. The standard InChI is InChI=1S/C13H19F2NS/c1-10(17-2)6-7-16-9-11-4-3-5-12(8-11)13(14)15/h3-5,8,10,13,16H,6-7,9H2,1-2H3. The van der Waals surface area contributed by atoms with Crippen LogP contribution in [0, 0.1) is 0 Å². The first-order valence-electron chi connectivity index (χ1n) is 5.74. The predicted octanol–water partition coefficient (Wildman–Crippen LogP) is 3.86. The second kappa shape index (κ2) is 7.67. The van der Waals surface area contributed by atoms with Crippen molar-refractivity contribution in [2.75, 3.05) is 12.8 Å². The number of nitrogens with one attached hydrogen (secondary N) is 1. The third kappa shape index (κ3) is 5.50. The average Bonchev–Trinajstić information content (AvgIpc) is 2.34. The lowest BCUT2D eigenvalue weighted by atomic mass is 10.1. The number of rotatable bonds is 7. The van der Waals surface area contributed by atoms with E-state index in [1.165, 1.54) is 6.07 Å². The molecule has 1 nitrogen and oxygen atoms in total. The molecule has 0 aliphatic rings. The number of thioether (sulfide) groups is 1. The second-order valence-electron chi connectivity index (χ2n) is 4.06. The zero-order valence-electron chi connectivity index (χ0n) is 10.2. The van der Waals surface area contributed by atoms with Gasteiger partial charge >= 0.3 is 0 Å². The number of hydrogen-bond acceptors (Lipinski definition) is 2. The third-order valence-electron chi connectivity index (χ3n) is 2.66. The Labute approximate surface area is 106 Å². The topological polar surface area (TPSA) is 12.0 Å². The minimum Gasteiger partial charge on any atom is -0.313 e. The molecule has 0 aliphatic carbocycles. The van der Waals surface area contributed by atoms with Crippen LogP contribution >= 0.6 is 11.8 Å². The van der Waals surface area contributed by atoms with E-state index in [0.717, 1.165) is 18.5 Å². The van der Waals surface area contributed by atoms with Crippen LogP contribution in [0.4, 0.5) is 8.78 Å². The monoisotopic (exact) mass is 259 g/mol. The summed E-state index contributed by atoms with van der Waals surface area (Å²) in [5.74, 6) is 0. The zero-order valence-corrected chi connectivity index (χ0v) is 11.1. The van der Waals surface area contributed by atoms with Crippen molar-refractivity contribution >= 4 is 11.8 Å². The molecule has 0 saturated heterocycles. The molecule has 0 bridgehead atoms. The van der Waals surface area contributed by atoms with Gasteiger partial charge in [0.1, 0.15) is 0 Å². The molecule has 1 atom stereocenters. The molecular weight excluding hydrogens is 240 g/mol. The highest BCUT2D eigenvalue weighted by Gasteiger charge is 2.06. The van der Waals surface area contributed by atoms with E-state index in [-0.39, 0.29) is 5.56 Å². The minimum absolute atomic E-state index is 0.0989. The van der Waals surface area contributed by atoms with Crippen LogP contribution in [-0.2, 0) is 6.54 Å². The molecule has 0 radical (unpaired) electrons. The molecule has 0 spiro atoms. The maximum atomic E-state index is 12.5. The Kier molecular flexibility index (Phi) is 6.52. The molecule has 0 aliphatic heterocycles. The lowest BCUT2D eigenvalue weighted by Crippen LogP contribution is -2.17. The highest BCUT2D eigenvalue weighted by atomic mass is 32.2. The van der Waals surface area contributed by atoms with E-state index in [0.29, 0.717) is 11.8 Å². The van der Waals surface area contributed by atoms with Crippen molar-refractivity contribution in [3.05, 3.63) is 35.4 Å². The summed E-state index contributed by atoms with van der Waals surface area (Å²) in [5.41, 5.74) is 1.02. The van der Waals surface area contributed by atoms with E-state index < -0.39 is 6.43 Å². The summed E-state index contributed by atoms with van der Waals surface area (Å²) in [7, 11) is 0. The SMILES string of the molecule is CSC(C)CCNCc1cccc(C(F)F)c1. The Morgan fingerprint density at radius 2 is 2.12 bits per heavy atom. The van der Waals surface area contributed by atoms with Gasteiger partial charge in [0.15, 0.2) is 0 Å². The minimum atomic E-state index is -2.38. The Bertz CT molecular complexity index is 331. The van der Waals surface area contributed by atoms with Gasteiger partial charge in [0.05, 0.1) is 0 Å². The summed E-state index contributed by atoms with van der Waals surface area (Å²) < 4.78 is 24.9. The van der Waals surface area contributed by atoms with Crippen LogP contribution < -0.4 is 5.32 Å². The molecule has 1 unspecified atom stereocenters. The molecule has 0 aromatic heterocycles. The van der Waals surface area contributed by atoms with Crippen LogP contribution in [0.5, 0.6) is 0 Å². The maximum absolute atomic E-state index is 12.5. The summed E-state index contributed by atoms with van der Waals surface area (Å²) in [6.45, 7) is 3.76. The molecule has 1 N–H and O–H groups in total. The number of alkyl halides is 2. The first-order valence-corrected chi connectivity index (χ1v) is 7.02. The quantitative estimate of drug-likeness (QED) is 0.746. The molecule has 0 heterocycles. The van der Waals surface area contributed by atoms with Gasteiger partial charge in [0.2, 0.25) is 0 Å². The van der Waals surface area contributed by atoms with Crippen molar-refractivity contribution in [2.45, 2.75) is 31.6 Å². The van der Waals surface area contributed by atoms with Crippen molar-refractivity contribution in [1.29, 1.82) is 0 Å². The molecule has 0 amide bonds. The van der Waals surface area contributed by atoms with Gasteiger partial charge in [-0.1, -0.05) is 25.1 Å². The van der Waals surface area contributed by atoms with Crippen molar-refractivity contribution < 1.29 is 8.78 Å². The van der Waals surface area contributed by atoms with Crippen LogP contribution in [-0.4, -0.2) is 18.1 Å². The molecule has 1 aromatic rings. The van der Waals surface area contributed by atoms with Gasteiger partial charge in [0.25, 0.3) is 6.43 Å². The molecule has 1 rings (SSSR count). The number of benzene rings is 1. The van der Waals surface area contributed by atoms with Gasteiger partial charge < -0.3 is 5.32 Å². The molecular formula is C13H19F2NS. The smallest absolute Gasteiger partial charge is 0.263 e. The van der Waals surface area contributed by atoms with E-state index in [9.17, 15) is 8.78 Å². The fourth-order valence-corrected chi connectivity index (χ4v) is 1.85. The summed E-state index contributed by atoms with van der Waals surface area (Å²) in [5, 5.41) is 3.91. The molecule has 4 heteroatoms. The fraction of sp³-hybridized carbons (Fsp3) is 0.538. The van der Waals surface area contributed by atoms with Gasteiger partial charge in [-0.05, 0) is 30.9 Å². The normalized spacial score (nSPS) is 13.0. The van der Waals surface area contributed by atoms with Crippen molar-refractivity contribution in [3.63, 3.8) is 0 Å². The van der Waals surface area contributed by atoms with E-state index in [4.69, 9.17) is 0 Å². The van der Waals surface area contributed by atoms with Crippen LogP contribution in [0.25, 0.3) is 0 Å². The number of hydrogen-bond donors (Lipinski definition) is 1. The van der Waals surface area contributed by atoms with Crippen LogP contribution in [0.1, 0.15) is 30.9 Å². The zero-order chi connectivity index (χ0) is 12.7. The van der Waals surface area contributed by atoms with Crippen molar-refractivity contribution in [1.82, 2.24) is 5.32 Å². The number of halogens is 2. The summed E-state index contributed by atoms with van der Waals surface area (Å²) >= 11 is 1.84. The van der Waals surface area contributed by atoms with Crippen LogP contribution in [0.2, 0.25) is 0 Å². The highest BCUT2D eigenvalue weighted by molar-refractivity contribution is 7.99. The van der Waals surface area contributed by atoms with E-state index in [2.05, 4.69) is 18.5 Å². The molecule has 17 heavy (non-hydrogen) atoms. The lowest BCUT2D eigenvalue weighted by molar-refractivity contribution is 0.151. The van der Waals surface area contributed by atoms with Gasteiger partial charge in [-0.2, -0.15) is 11.8 Å². The van der Waals surface area contributed by atoms with E-state index in [1.807, 2.05) is 17.8 Å². The average molecular weight is 259 g/mol. The second-order valence-corrected chi connectivity index (χ2v) is 5.33. The molecule has 1 aromatic carbocycles. The van der Waals surface area contributed by atoms with Gasteiger partial charge in [-0.3, -0.25) is 0 Å². The summed E-state index contributed by atoms with van der Waals surface area (Å²) in [4.78, 5) is 0. The van der Waals surface area contributed by atoms with Crippen molar-refractivity contribution in [2.24, 2.45) is 0 Å². The highest BCUT2D eigenvalue weighted by Crippen LogP contribution is 2.19. The molecule has 0 fully saturated rings. The van der Waals surface area contributed by atoms with Gasteiger partial charge in [0, 0.05) is 17.4 Å². The lowest BCUT2D eigenvalue weighted by Gasteiger charge is -2.09. The third-order valence-corrected chi connectivity index (χ3v) is 3.70. The predicted molar refractivity (Wildman–Crippen MR) is 70.7 cm³/mol. The van der Waals surface area contributed by atoms with E-state index >= 15 is 0 Å².